The molecule has 0 amide bonds. The molecule has 0 radical (unpaired) electrons. The molecule has 0 atom stereocenters. The normalized spacial score (nSPS) is 10.8. The first-order valence-electron chi connectivity index (χ1n) is 5.76. The van der Waals surface area contributed by atoms with E-state index in [-0.39, 0.29) is 0 Å². The van der Waals surface area contributed by atoms with E-state index in [1.54, 1.807) is 30.4 Å². The topological polar surface area (TPSA) is 38.7 Å². The smallest absolute Gasteiger partial charge is 0.133 e. The van der Waals surface area contributed by atoms with E-state index in [1.807, 2.05) is 24.3 Å². The van der Waals surface area contributed by atoms with Crippen molar-refractivity contribution in [2.24, 2.45) is 0 Å². The number of aromatic nitrogens is 3. The average Bonchev–Trinajstić information content (AvgIpc) is 2.46. The minimum atomic E-state index is 0.551. The zero-order chi connectivity index (χ0) is 13.1. The van der Waals surface area contributed by atoms with Crippen molar-refractivity contribution in [3.63, 3.8) is 0 Å². The van der Waals surface area contributed by atoms with Crippen LogP contribution in [0.15, 0.2) is 53.9 Å². The molecule has 0 bridgehead atoms. The second-order valence-corrected chi connectivity index (χ2v) is 5.32. The van der Waals surface area contributed by atoms with Crippen molar-refractivity contribution in [2.75, 3.05) is 0 Å². The lowest BCUT2D eigenvalue weighted by Gasteiger charge is -2.05. The number of benzene rings is 1. The van der Waals surface area contributed by atoms with Crippen LogP contribution in [0.1, 0.15) is 5.56 Å². The van der Waals surface area contributed by atoms with Gasteiger partial charge in [-0.3, -0.25) is 4.98 Å². The molecule has 0 aliphatic heterocycles. The zero-order valence-electron chi connectivity index (χ0n) is 9.95. The molecule has 0 aliphatic carbocycles. The van der Waals surface area contributed by atoms with Gasteiger partial charge in [-0.2, -0.15) is 0 Å². The molecule has 0 saturated heterocycles. The van der Waals surface area contributed by atoms with Crippen LogP contribution in [0, 0.1) is 0 Å². The van der Waals surface area contributed by atoms with Crippen LogP contribution in [-0.2, 0) is 5.75 Å². The van der Waals surface area contributed by atoms with E-state index in [2.05, 4.69) is 21.0 Å². The minimum Gasteiger partial charge on any atom is -0.260 e. The summed E-state index contributed by atoms with van der Waals surface area (Å²) in [6.07, 6.45) is 5.09. The zero-order valence-corrected chi connectivity index (χ0v) is 11.5. The highest BCUT2D eigenvalue weighted by Gasteiger charge is 2.06. The molecule has 19 heavy (non-hydrogen) atoms. The Morgan fingerprint density at radius 3 is 2.89 bits per heavy atom. The van der Waals surface area contributed by atoms with Gasteiger partial charge in [-0.05, 0) is 12.1 Å². The van der Waals surface area contributed by atoms with Crippen molar-refractivity contribution < 1.29 is 0 Å². The molecule has 2 aromatic heterocycles. The Morgan fingerprint density at radius 2 is 2.05 bits per heavy atom. The number of thioether (sulfide) groups is 1. The van der Waals surface area contributed by atoms with Gasteiger partial charge in [-0.15, -0.1) is 0 Å². The van der Waals surface area contributed by atoms with Gasteiger partial charge in [0, 0.05) is 29.1 Å². The van der Waals surface area contributed by atoms with Gasteiger partial charge in [0.1, 0.15) is 10.2 Å². The summed E-state index contributed by atoms with van der Waals surface area (Å²) >= 11 is 7.81. The summed E-state index contributed by atoms with van der Waals surface area (Å²) in [5.74, 6) is 0.732. The van der Waals surface area contributed by atoms with E-state index in [0.29, 0.717) is 5.15 Å². The standard InChI is InChI=1S/C14H10ClN3S/c15-14-11(9-19-13-8-16-5-6-17-13)7-10-3-1-2-4-12(10)18-14/h1-8H,9H2. The molecule has 0 spiro atoms. The maximum atomic E-state index is 6.21. The van der Waals surface area contributed by atoms with Crippen molar-refractivity contribution in [1.29, 1.82) is 0 Å². The molecule has 3 rings (SSSR count). The maximum absolute atomic E-state index is 6.21. The van der Waals surface area contributed by atoms with E-state index in [4.69, 9.17) is 11.6 Å². The van der Waals surface area contributed by atoms with Crippen molar-refractivity contribution in [2.45, 2.75) is 10.8 Å². The van der Waals surface area contributed by atoms with Crippen molar-refractivity contribution in [3.8, 4) is 0 Å². The van der Waals surface area contributed by atoms with Gasteiger partial charge in [-0.1, -0.05) is 41.6 Å². The third-order valence-electron chi connectivity index (χ3n) is 2.67. The van der Waals surface area contributed by atoms with Gasteiger partial charge in [-0.25, -0.2) is 9.97 Å². The van der Waals surface area contributed by atoms with Crippen molar-refractivity contribution >= 4 is 34.3 Å². The third-order valence-corrected chi connectivity index (χ3v) is 3.95. The number of nitrogens with zero attached hydrogens (tertiary/aromatic N) is 3. The molecule has 3 aromatic rings. The number of fused-ring (bicyclic) bond motifs is 1. The van der Waals surface area contributed by atoms with Crippen molar-refractivity contribution in [1.82, 2.24) is 15.0 Å². The second kappa shape index (κ2) is 5.55. The Bertz CT molecular complexity index is 703. The van der Waals surface area contributed by atoms with Gasteiger partial charge in [0.25, 0.3) is 0 Å². The molecule has 5 heteroatoms. The lowest BCUT2D eigenvalue weighted by atomic mass is 10.2. The monoisotopic (exact) mass is 287 g/mol. The number of rotatable bonds is 3. The van der Waals surface area contributed by atoms with E-state index in [9.17, 15) is 0 Å². The largest absolute Gasteiger partial charge is 0.260 e. The van der Waals surface area contributed by atoms with Gasteiger partial charge in [0.05, 0.1) is 11.7 Å². The molecule has 0 unspecified atom stereocenters. The highest BCUT2D eigenvalue weighted by atomic mass is 35.5. The summed E-state index contributed by atoms with van der Waals surface area (Å²) < 4.78 is 0. The minimum absolute atomic E-state index is 0.551. The van der Waals surface area contributed by atoms with E-state index in [0.717, 1.165) is 27.2 Å². The lowest BCUT2D eigenvalue weighted by Crippen LogP contribution is -1.89. The van der Waals surface area contributed by atoms with Crippen LogP contribution in [-0.4, -0.2) is 15.0 Å². The highest BCUT2D eigenvalue weighted by molar-refractivity contribution is 7.98. The number of pyridine rings is 1. The molecule has 1 aromatic carbocycles. The fourth-order valence-corrected chi connectivity index (χ4v) is 2.83. The fraction of sp³-hybridized carbons (Fsp3) is 0.0714. The lowest BCUT2D eigenvalue weighted by molar-refractivity contribution is 1.05. The van der Waals surface area contributed by atoms with E-state index >= 15 is 0 Å². The SMILES string of the molecule is Clc1nc2ccccc2cc1CSc1cnccn1. The summed E-state index contributed by atoms with van der Waals surface area (Å²) in [6.45, 7) is 0. The summed E-state index contributed by atoms with van der Waals surface area (Å²) in [5, 5.41) is 2.53. The van der Waals surface area contributed by atoms with Crippen LogP contribution in [0.25, 0.3) is 10.9 Å². The maximum Gasteiger partial charge on any atom is 0.133 e. The van der Waals surface area contributed by atoms with E-state index in [1.165, 1.54) is 0 Å². The molecule has 0 N–H and O–H groups in total. The second-order valence-electron chi connectivity index (χ2n) is 3.96. The Morgan fingerprint density at radius 1 is 1.16 bits per heavy atom. The molecule has 2 heterocycles. The fourth-order valence-electron chi connectivity index (χ4n) is 1.75. The van der Waals surface area contributed by atoms with Gasteiger partial charge < -0.3 is 0 Å². The molecular formula is C14H10ClN3S. The molecule has 3 nitrogen and oxygen atoms in total. The summed E-state index contributed by atoms with van der Waals surface area (Å²) in [5.41, 5.74) is 1.93. The quantitative estimate of drug-likeness (QED) is 0.540. The third kappa shape index (κ3) is 2.85. The number of hydrogen-bond donors (Lipinski definition) is 0. The van der Waals surface area contributed by atoms with Crippen LogP contribution in [0.4, 0.5) is 0 Å². The Kier molecular flexibility index (Phi) is 3.62. The van der Waals surface area contributed by atoms with Crippen LogP contribution in [0.3, 0.4) is 0 Å². The molecular weight excluding hydrogens is 278 g/mol. The van der Waals surface area contributed by atoms with Gasteiger partial charge in [0.2, 0.25) is 0 Å². The van der Waals surface area contributed by atoms with Crippen LogP contribution >= 0.6 is 23.4 Å². The Hall–Kier alpha value is -1.65. The van der Waals surface area contributed by atoms with Gasteiger partial charge >= 0.3 is 0 Å². The predicted octanol–water partition coefficient (Wildman–Crippen LogP) is 3.97. The Labute approximate surface area is 120 Å². The number of halogens is 1. The Balaban J connectivity index is 1.86. The average molecular weight is 288 g/mol. The first-order chi connectivity index (χ1) is 9.33. The number of para-hydroxylation sites is 1. The first-order valence-corrected chi connectivity index (χ1v) is 7.12. The summed E-state index contributed by atoms with van der Waals surface area (Å²) in [6, 6.07) is 10.0. The molecule has 0 aliphatic rings. The summed E-state index contributed by atoms with van der Waals surface area (Å²) in [7, 11) is 0. The summed E-state index contributed by atoms with van der Waals surface area (Å²) in [4.78, 5) is 12.7. The van der Waals surface area contributed by atoms with Crippen molar-refractivity contribution in [3.05, 3.63) is 59.6 Å². The molecule has 0 fully saturated rings. The van der Waals surface area contributed by atoms with Gasteiger partial charge in [0.15, 0.2) is 0 Å². The van der Waals surface area contributed by atoms with Crippen LogP contribution in [0.2, 0.25) is 5.15 Å². The highest BCUT2D eigenvalue weighted by Crippen LogP contribution is 2.26. The molecule has 94 valence electrons. The van der Waals surface area contributed by atoms with Crippen LogP contribution in [0.5, 0.6) is 0 Å². The van der Waals surface area contributed by atoms with E-state index < -0.39 is 0 Å². The molecule has 0 saturated carbocycles. The first kappa shape index (κ1) is 12.4. The predicted molar refractivity (Wildman–Crippen MR) is 78.3 cm³/mol. The number of hydrogen-bond acceptors (Lipinski definition) is 4. The van der Waals surface area contributed by atoms with Crippen LogP contribution < -0.4 is 0 Å².